The van der Waals surface area contributed by atoms with E-state index in [0.717, 1.165) is 10.6 Å². The zero-order chi connectivity index (χ0) is 23.2. The minimum absolute atomic E-state index is 0.115. The second kappa shape index (κ2) is 10.4. The number of para-hydroxylation sites is 1. The number of benzene rings is 1. The first-order valence-electron chi connectivity index (χ1n) is 10.7. The minimum Gasteiger partial charge on any atom is -0.466 e. The van der Waals surface area contributed by atoms with E-state index in [-0.39, 0.29) is 23.6 Å². The van der Waals surface area contributed by atoms with Crippen LogP contribution in [0.5, 0.6) is 0 Å². The predicted octanol–water partition coefficient (Wildman–Crippen LogP) is 2.95. The van der Waals surface area contributed by atoms with Crippen molar-refractivity contribution in [2.24, 2.45) is 5.92 Å². The van der Waals surface area contributed by atoms with Gasteiger partial charge in [0.25, 0.3) is 11.7 Å². The Labute approximate surface area is 194 Å². The monoisotopic (exact) mass is 468 g/mol. The van der Waals surface area contributed by atoms with Gasteiger partial charge in [0.05, 0.1) is 23.1 Å². The summed E-state index contributed by atoms with van der Waals surface area (Å²) in [6.45, 7) is 2.55. The van der Waals surface area contributed by atoms with Crippen LogP contribution >= 0.6 is 11.3 Å². The highest BCUT2D eigenvalue weighted by atomic mass is 32.1. The summed E-state index contributed by atoms with van der Waals surface area (Å²) in [5.41, 5.74) is 0.757. The lowest BCUT2D eigenvalue weighted by atomic mass is 9.97. The van der Waals surface area contributed by atoms with E-state index in [1.54, 1.807) is 16.5 Å². The molecule has 1 amide bonds. The van der Waals surface area contributed by atoms with Crippen LogP contribution in [0.4, 0.5) is 0 Å². The number of carbonyl (C=O) groups is 3. The van der Waals surface area contributed by atoms with Gasteiger partial charge in [-0.15, -0.1) is 16.4 Å². The smallest absolute Gasteiger partial charge is 0.378 e. The average Bonchev–Trinajstić information content (AvgIpc) is 3.53. The third kappa shape index (κ3) is 5.28. The Morgan fingerprint density at radius 3 is 2.48 bits per heavy atom. The molecular weight excluding hydrogens is 444 g/mol. The van der Waals surface area contributed by atoms with Crippen LogP contribution in [0.2, 0.25) is 0 Å². The topological polar surface area (TPSA) is 104 Å². The number of esters is 2. The number of rotatable bonds is 7. The Morgan fingerprint density at radius 2 is 1.82 bits per heavy atom. The van der Waals surface area contributed by atoms with Crippen molar-refractivity contribution in [1.29, 1.82) is 0 Å². The van der Waals surface area contributed by atoms with Crippen LogP contribution in [-0.4, -0.2) is 63.8 Å². The van der Waals surface area contributed by atoms with Gasteiger partial charge in [-0.25, -0.2) is 9.48 Å². The van der Waals surface area contributed by atoms with E-state index in [4.69, 9.17) is 9.47 Å². The van der Waals surface area contributed by atoms with Gasteiger partial charge in [-0.3, -0.25) is 9.59 Å². The van der Waals surface area contributed by atoms with E-state index >= 15 is 0 Å². The van der Waals surface area contributed by atoms with Gasteiger partial charge in [0.15, 0.2) is 12.4 Å². The Morgan fingerprint density at radius 1 is 1.06 bits per heavy atom. The SMILES string of the molecule is CCOC(=O)C1CCN(C(=O)COC(=O)c2nc(-c3cccs3)n(-c3ccccc3)n2)CC1. The van der Waals surface area contributed by atoms with E-state index in [0.29, 0.717) is 38.4 Å². The molecule has 0 saturated carbocycles. The van der Waals surface area contributed by atoms with Gasteiger partial charge in [-0.2, -0.15) is 4.98 Å². The predicted molar refractivity (Wildman–Crippen MR) is 121 cm³/mol. The molecule has 1 aliphatic rings. The number of carbonyl (C=O) groups excluding carboxylic acids is 3. The van der Waals surface area contributed by atoms with Crippen molar-refractivity contribution >= 4 is 29.2 Å². The quantitative estimate of drug-likeness (QED) is 0.491. The van der Waals surface area contributed by atoms with Crippen molar-refractivity contribution in [3.05, 3.63) is 53.7 Å². The standard InChI is InChI=1S/C23H24N4O5S/c1-2-31-22(29)16-10-12-26(13-11-16)19(28)15-32-23(30)20-24-21(18-9-6-14-33-18)27(25-20)17-7-4-3-5-8-17/h3-9,14,16H,2,10-13,15H2,1H3. The first-order chi connectivity index (χ1) is 16.1. The largest absolute Gasteiger partial charge is 0.466 e. The number of thiophene rings is 1. The summed E-state index contributed by atoms with van der Waals surface area (Å²) < 4.78 is 11.9. The zero-order valence-electron chi connectivity index (χ0n) is 18.2. The molecule has 172 valence electrons. The fourth-order valence-electron chi connectivity index (χ4n) is 3.62. The van der Waals surface area contributed by atoms with Crippen LogP contribution < -0.4 is 0 Å². The molecule has 0 unspecified atom stereocenters. The lowest BCUT2D eigenvalue weighted by Crippen LogP contribution is -2.42. The summed E-state index contributed by atoms with van der Waals surface area (Å²) in [5.74, 6) is -1.09. The molecule has 10 heteroatoms. The van der Waals surface area contributed by atoms with E-state index in [2.05, 4.69) is 10.1 Å². The third-order valence-corrected chi connectivity index (χ3v) is 6.19. The average molecular weight is 469 g/mol. The second-order valence-corrected chi connectivity index (χ2v) is 8.41. The molecule has 0 N–H and O–H groups in total. The number of ether oxygens (including phenoxy) is 2. The molecular formula is C23H24N4O5S. The highest BCUT2D eigenvalue weighted by Gasteiger charge is 2.29. The molecule has 33 heavy (non-hydrogen) atoms. The lowest BCUT2D eigenvalue weighted by Gasteiger charge is -2.30. The molecule has 3 aromatic rings. The van der Waals surface area contributed by atoms with Gasteiger partial charge in [0.2, 0.25) is 0 Å². The van der Waals surface area contributed by atoms with Gasteiger partial charge in [-0.1, -0.05) is 24.3 Å². The summed E-state index contributed by atoms with van der Waals surface area (Å²) in [7, 11) is 0. The van der Waals surface area contributed by atoms with Crippen LogP contribution in [0.1, 0.15) is 30.4 Å². The second-order valence-electron chi connectivity index (χ2n) is 7.47. The lowest BCUT2D eigenvalue weighted by molar-refractivity contribution is -0.151. The van der Waals surface area contributed by atoms with E-state index < -0.39 is 12.6 Å². The zero-order valence-corrected chi connectivity index (χ0v) is 19.0. The maximum atomic E-state index is 12.6. The van der Waals surface area contributed by atoms with Crippen LogP contribution in [0.3, 0.4) is 0 Å². The van der Waals surface area contributed by atoms with Gasteiger partial charge in [-0.05, 0) is 43.3 Å². The van der Waals surface area contributed by atoms with Crippen LogP contribution in [0, 0.1) is 5.92 Å². The fourth-order valence-corrected chi connectivity index (χ4v) is 4.32. The maximum absolute atomic E-state index is 12.6. The molecule has 1 saturated heterocycles. The molecule has 9 nitrogen and oxygen atoms in total. The summed E-state index contributed by atoms with van der Waals surface area (Å²) in [4.78, 5) is 43.8. The van der Waals surface area contributed by atoms with Crippen molar-refractivity contribution in [1.82, 2.24) is 19.7 Å². The van der Waals surface area contributed by atoms with E-state index in [1.165, 1.54) is 11.3 Å². The Hall–Kier alpha value is -3.53. The Kier molecular flexibility index (Phi) is 7.13. The van der Waals surface area contributed by atoms with Gasteiger partial charge in [0, 0.05) is 13.1 Å². The summed E-state index contributed by atoms with van der Waals surface area (Å²) >= 11 is 1.48. The highest BCUT2D eigenvalue weighted by Crippen LogP contribution is 2.25. The van der Waals surface area contributed by atoms with Gasteiger partial charge in [0.1, 0.15) is 0 Å². The summed E-state index contributed by atoms with van der Waals surface area (Å²) in [5, 5.41) is 6.25. The molecule has 1 fully saturated rings. The number of hydrogen-bond acceptors (Lipinski definition) is 8. The minimum atomic E-state index is -0.766. The van der Waals surface area contributed by atoms with Crippen LogP contribution in [-0.2, 0) is 19.1 Å². The molecule has 0 atom stereocenters. The summed E-state index contributed by atoms with van der Waals surface area (Å²) in [6, 6.07) is 13.2. The number of amides is 1. The molecule has 1 aliphatic heterocycles. The number of aromatic nitrogens is 3. The molecule has 2 aromatic heterocycles. The molecule has 3 heterocycles. The molecule has 0 aliphatic carbocycles. The van der Waals surface area contributed by atoms with Crippen molar-refractivity contribution in [2.75, 3.05) is 26.3 Å². The van der Waals surface area contributed by atoms with Crippen molar-refractivity contribution in [3.8, 4) is 16.4 Å². The Bertz CT molecular complexity index is 1110. The van der Waals surface area contributed by atoms with Gasteiger partial charge >= 0.3 is 11.9 Å². The van der Waals surface area contributed by atoms with Crippen molar-refractivity contribution in [3.63, 3.8) is 0 Å². The molecule has 0 spiro atoms. The first-order valence-corrected chi connectivity index (χ1v) is 11.6. The normalized spacial score (nSPS) is 14.2. The third-order valence-electron chi connectivity index (χ3n) is 5.33. The van der Waals surface area contributed by atoms with E-state index in [1.807, 2.05) is 47.8 Å². The number of piperidine rings is 1. The van der Waals surface area contributed by atoms with E-state index in [9.17, 15) is 14.4 Å². The molecule has 0 bridgehead atoms. The number of likely N-dealkylation sites (tertiary alicyclic amines) is 1. The fraction of sp³-hybridized carbons (Fsp3) is 0.348. The van der Waals surface area contributed by atoms with Gasteiger partial charge < -0.3 is 14.4 Å². The first kappa shape index (κ1) is 22.7. The Balaban J connectivity index is 1.39. The maximum Gasteiger partial charge on any atom is 0.378 e. The number of hydrogen-bond donors (Lipinski definition) is 0. The van der Waals surface area contributed by atoms with Crippen LogP contribution in [0.15, 0.2) is 47.8 Å². The van der Waals surface area contributed by atoms with Crippen LogP contribution in [0.25, 0.3) is 16.4 Å². The summed E-state index contributed by atoms with van der Waals surface area (Å²) in [6.07, 6.45) is 1.07. The van der Waals surface area contributed by atoms with Crippen molar-refractivity contribution < 1.29 is 23.9 Å². The molecule has 0 radical (unpaired) electrons. The number of nitrogens with zero attached hydrogens (tertiary/aromatic N) is 4. The highest BCUT2D eigenvalue weighted by molar-refractivity contribution is 7.13. The molecule has 1 aromatic carbocycles. The van der Waals surface area contributed by atoms with Crippen molar-refractivity contribution in [2.45, 2.75) is 19.8 Å². The molecule has 4 rings (SSSR count).